The van der Waals surface area contributed by atoms with Crippen LogP contribution in [0.25, 0.3) is 0 Å². The smallest absolute Gasteiger partial charge is 0.340 e. The van der Waals surface area contributed by atoms with Crippen LogP contribution in [0.4, 0.5) is 11.4 Å². The minimum absolute atomic E-state index is 0.166. The molecule has 114 valence electrons. The Morgan fingerprint density at radius 3 is 2.68 bits per heavy atom. The van der Waals surface area contributed by atoms with Crippen molar-refractivity contribution in [2.45, 2.75) is 0 Å². The second-order valence-corrected chi connectivity index (χ2v) is 5.72. The SMILES string of the molecule is Nc1cc(Cl)ccc1C(=O)OCC(=O)Nc1cccc(Br)c1. The molecular formula is C15H12BrClN2O3. The van der Waals surface area contributed by atoms with Crippen molar-refractivity contribution < 1.29 is 14.3 Å². The number of ether oxygens (including phenoxy) is 1. The second kappa shape index (κ2) is 7.29. The molecule has 0 bridgehead atoms. The Morgan fingerprint density at radius 1 is 1.23 bits per heavy atom. The van der Waals surface area contributed by atoms with E-state index >= 15 is 0 Å². The van der Waals surface area contributed by atoms with Crippen molar-refractivity contribution >= 4 is 50.8 Å². The van der Waals surface area contributed by atoms with E-state index in [0.717, 1.165) is 4.47 Å². The van der Waals surface area contributed by atoms with Crippen LogP contribution in [-0.2, 0) is 9.53 Å². The number of anilines is 2. The van der Waals surface area contributed by atoms with Gasteiger partial charge in [-0.2, -0.15) is 0 Å². The molecule has 7 heteroatoms. The molecule has 3 N–H and O–H groups in total. The highest BCUT2D eigenvalue weighted by Gasteiger charge is 2.13. The summed E-state index contributed by atoms with van der Waals surface area (Å²) in [5.41, 5.74) is 6.64. The van der Waals surface area contributed by atoms with Crippen molar-refractivity contribution in [2.24, 2.45) is 0 Å². The van der Waals surface area contributed by atoms with Crippen LogP contribution in [0.15, 0.2) is 46.9 Å². The third kappa shape index (κ3) is 4.47. The number of nitrogens with one attached hydrogen (secondary N) is 1. The topological polar surface area (TPSA) is 81.4 Å². The standard InChI is InChI=1S/C15H12BrClN2O3/c16-9-2-1-3-11(6-9)19-14(20)8-22-15(21)12-5-4-10(17)7-13(12)18/h1-7H,8,18H2,(H,19,20). The van der Waals surface area contributed by atoms with Gasteiger partial charge in [-0.1, -0.05) is 33.6 Å². The molecule has 5 nitrogen and oxygen atoms in total. The Hall–Kier alpha value is -2.05. The van der Waals surface area contributed by atoms with E-state index < -0.39 is 18.5 Å². The van der Waals surface area contributed by atoms with E-state index in [1.54, 1.807) is 18.2 Å². The fourth-order valence-corrected chi connectivity index (χ4v) is 2.27. The minimum atomic E-state index is -0.682. The molecule has 1 amide bonds. The van der Waals surface area contributed by atoms with Crippen molar-refractivity contribution in [1.29, 1.82) is 0 Å². The van der Waals surface area contributed by atoms with Gasteiger partial charge in [-0.15, -0.1) is 0 Å². The van der Waals surface area contributed by atoms with Crippen molar-refractivity contribution in [3.8, 4) is 0 Å². The summed E-state index contributed by atoms with van der Waals surface area (Å²) >= 11 is 9.05. The molecule has 0 unspecified atom stereocenters. The van der Waals surface area contributed by atoms with Gasteiger partial charge < -0.3 is 15.8 Å². The molecule has 22 heavy (non-hydrogen) atoms. The first kappa shape index (κ1) is 16.3. The zero-order valence-electron chi connectivity index (χ0n) is 11.3. The summed E-state index contributed by atoms with van der Waals surface area (Å²) in [6.07, 6.45) is 0. The number of carbonyl (C=O) groups is 2. The maximum atomic E-state index is 11.9. The van der Waals surface area contributed by atoms with E-state index in [4.69, 9.17) is 22.1 Å². The number of rotatable bonds is 4. The number of nitrogens with two attached hydrogens (primary N) is 1. The third-order valence-electron chi connectivity index (χ3n) is 2.68. The zero-order valence-corrected chi connectivity index (χ0v) is 13.6. The van der Waals surface area contributed by atoms with Gasteiger partial charge in [0.15, 0.2) is 6.61 Å². The van der Waals surface area contributed by atoms with E-state index in [-0.39, 0.29) is 11.3 Å². The van der Waals surface area contributed by atoms with Gasteiger partial charge in [0.25, 0.3) is 5.91 Å². The van der Waals surface area contributed by atoms with Gasteiger partial charge in [-0.05, 0) is 36.4 Å². The van der Waals surface area contributed by atoms with Crippen molar-refractivity contribution in [1.82, 2.24) is 0 Å². The van der Waals surface area contributed by atoms with Crippen LogP contribution in [0.5, 0.6) is 0 Å². The quantitative estimate of drug-likeness (QED) is 0.625. The molecule has 0 saturated carbocycles. The fraction of sp³-hybridized carbons (Fsp3) is 0.0667. The minimum Gasteiger partial charge on any atom is -0.452 e. The number of halogens is 2. The molecule has 2 rings (SSSR count). The lowest BCUT2D eigenvalue weighted by atomic mass is 10.2. The van der Waals surface area contributed by atoms with Gasteiger partial charge in [0.2, 0.25) is 0 Å². The summed E-state index contributed by atoms with van der Waals surface area (Å²) in [7, 11) is 0. The Kier molecular flexibility index (Phi) is 5.41. The normalized spacial score (nSPS) is 10.1. The molecule has 0 saturated heterocycles. The van der Waals surface area contributed by atoms with Gasteiger partial charge in [0.1, 0.15) is 0 Å². The van der Waals surface area contributed by atoms with E-state index in [1.807, 2.05) is 6.07 Å². The lowest BCUT2D eigenvalue weighted by Crippen LogP contribution is -2.21. The largest absolute Gasteiger partial charge is 0.452 e. The molecule has 0 aliphatic rings. The van der Waals surface area contributed by atoms with Crippen LogP contribution in [0.2, 0.25) is 5.02 Å². The predicted octanol–water partition coefficient (Wildman–Crippen LogP) is 3.48. The molecule has 0 aliphatic carbocycles. The second-order valence-electron chi connectivity index (χ2n) is 4.37. The fourth-order valence-electron chi connectivity index (χ4n) is 1.69. The number of hydrogen-bond donors (Lipinski definition) is 2. The number of nitrogen functional groups attached to an aromatic ring is 1. The summed E-state index contributed by atoms with van der Waals surface area (Å²) in [6, 6.07) is 11.5. The summed E-state index contributed by atoms with van der Waals surface area (Å²) in [5.74, 6) is -1.13. The molecule has 0 radical (unpaired) electrons. The van der Waals surface area contributed by atoms with Gasteiger partial charge >= 0.3 is 5.97 Å². The molecule has 0 aliphatic heterocycles. The summed E-state index contributed by atoms with van der Waals surface area (Å²) in [4.78, 5) is 23.6. The predicted molar refractivity (Wildman–Crippen MR) is 88.9 cm³/mol. The highest BCUT2D eigenvalue weighted by Crippen LogP contribution is 2.19. The lowest BCUT2D eigenvalue weighted by molar-refractivity contribution is -0.119. The Balaban J connectivity index is 1.92. The molecule has 2 aromatic rings. The molecule has 2 aromatic carbocycles. The number of hydrogen-bond acceptors (Lipinski definition) is 4. The van der Waals surface area contributed by atoms with Crippen LogP contribution in [0.3, 0.4) is 0 Å². The average molecular weight is 384 g/mol. The number of carbonyl (C=O) groups excluding carboxylic acids is 2. The van der Waals surface area contributed by atoms with Crippen molar-refractivity contribution in [3.05, 3.63) is 57.5 Å². The van der Waals surface area contributed by atoms with E-state index in [9.17, 15) is 9.59 Å². The summed E-state index contributed by atoms with van der Waals surface area (Å²) < 4.78 is 5.76. The van der Waals surface area contributed by atoms with E-state index in [0.29, 0.717) is 10.7 Å². The molecule has 0 atom stereocenters. The summed E-state index contributed by atoms with van der Waals surface area (Å²) in [6.45, 7) is -0.409. The first-order valence-electron chi connectivity index (χ1n) is 6.23. The first-order valence-corrected chi connectivity index (χ1v) is 7.40. The third-order valence-corrected chi connectivity index (χ3v) is 3.40. The van der Waals surface area contributed by atoms with Crippen molar-refractivity contribution in [2.75, 3.05) is 17.7 Å². The van der Waals surface area contributed by atoms with Crippen LogP contribution < -0.4 is 11.1 Å². The maximum absolute atomic E-state index is 11.9. The number of esters is 1. The van der Waals surface area contributed by atoms with Gasteiger partial charge in [-0.25, -0.2) is 4.79 Å². The highest BCUT2D eigenvalue weighted by atomic mass is 79.9. The number of benzene rings is 2. The Bertz CT molecular complexity index is 722. The monoisotopic (exact) mass is 382 g/mol. The van der Waals surface area contributed by atoms with Gasteiger partial charge in [0, 0.05) is 20.9 Å². The molecule has 0 heterocycles. The molecule has 0 fully saturated rings. The molecule has 0 spiro atoms. The Morgan fingerprint density at radius 2 is 2.00 bits per heavy atom. The van der Waals surface area contributed by atoms with Crippen LogP contribution in [0.1, 0.15) is 10.4 Å². The summed E-state index contributed by atoms with van der Waals surface area (Å²) in [5, 5.41) is 3.03. The van der Waals surface area contributed by atoms with Gasteiger partial charge in [0.05, 0.1) is 5.56 Å². The van der Waals surface area contributed by atoms with Crippen LogP contribution >= 0.6 is 27.5 Å². The molecule has 0 aromatic heterocycles. The average Bonchev–Trinajstić information content (AvgIpc) is 2.45. The maximum Gasteiger partial charge on any atom is 0.340 e. The lowest BCUT2D eigenvalue weighted by Gasteiger charge is -2.08. The van der Waals surface area contributed by atoms with Crippen LogP contribution in [0, 0.1) is 0 Å². The Labute approximate surface area is 140 Å². The van der Waals surface area contributed by atoms with Crippen molar-refractivity contribution in [3.63, 3.8) is 0 Å². The highest BCUT2D eigenvalue weighted by molar-refractivity contribution is 9.10. The molecular weight excluding hydrogens is 372 g/mol. The van der Waals surface area contributed by atoms with E-state index in [2.05, 4.69) is 21.2 Å². The number of amides is 1. The van der Waals surface area contributed by atoms with Crippen LogP contribution in [-0.4, -0.2) is 18.5 Å². The van der Waals surface area contributed by atoms with Gasteiger partial charge in [-0.3, -0.25) is 4.79 Å². The first-order chi connectivity index (χ1) is 10.5. The zero-order chi connectivity index (χ0) is 16.1. The van der Waals surface area contributed by atoms with E-state index in [1.165, 1.54) is 18.2 Å².